The van der Waals surface area contributed by atoms with Crippen molar-refractivity contribution in [3.63, 3.8) is 0 Å². The summed E-state index contributed by atoms with van der Waals surface area (Å²) in [7, 11) is 3.23. The zero-order chi connectivity index (χ0) is 33.4. The van der Waals surface area contributed by atoms with Gasteiger partial charge in [0.05, 0.1) is 31.7 Å². The summed E-state index contributed by atoms with van der Waals surface area (Å²) < 4.78 is 16.5. The van der Waals surface area contributed by atoms with Gasteiger partial charge in [0.25, 0.3) is 5.91 Å². The number of esters is 1. The van der Waals surface area contributed by atoms with Crippen molar-refractivity contribution in [3.8, 4) is 11.5 Å². The Morgan fingerprint density at radius 3 is 2.43 bits per heavy atom. The maximum Gasteiger partial charge on any atom is 0.323 e. The van der Waals surface area contributed by atoms with Crippen molar-refractivity contribution >= 4 is 41.2 Å². The van der Waals surface area contributed by atoms with E-state index in [0.717, 1.165) is 42.6 Å². The monoisotopic (exact) mass is 654 g/mol. The lowest BCUT2D eigenvalue weighted by Gasteiger charge is -2.29. The van der Waals surface area contributed by atoms with Crippen molar-refractivity contribution in [2.24, 2.45) is 17.8 Å². The molecule has 1 aliphatic heterocycles. The highest BCUT2D eigenvalue weighted by atomic mass is 32.2. The maximum atomic E-state index is 14.0. The number of fused-ring (bicyclic) bond motifs is 1. The van der Waals surface area contributed by atoms with Gasteiger partial charge in [-0.15, -0.1) is 11.8 Å². The van der Waals surface area contributed by atoms with Crippen molar-refractivity contribution in [1.82, 2.24) is 5.32 Å². The first-order chi connectivity index (χ1) is 21.9. The summed E-state index contributed by atoms with van der Waals surface area (Å²) in [6.07, 6.45) is 5.70. The highest BCUT2D eigenvalue weighted by Crippen LogP contribution is 2.42. The number of carbonyl (C=O) groups excluding carboxylic acids is 3. The van der Waals surface area contributed by atoms with Crippen LogP contribution in [0.3, 0.4) is 0 Å². The van der Waals surface area contributed by atoms with Crippen LogP contribution in [0.4, 0.5) is 5.69 Å². The van der Waals surface area contributed by atoms with Crippen molar-refractivity contribution < 1.29 is 38.5 Å². The number of carbonyl (C=O) groups is 4. The Morgan fingerprint density at radius 2 is 1.74 bits per heavy atom. The number of carboxylic acid groups (broad SMARTS) is 1. The SMILES string of the molecule is COc1ccc(CCCCCC2CCC(C(=O)OC(C)(C)C)C2C(=O)N[C@H]2CSc3ccccc3N(CC(=O)O)C2=O)cc1OC. The molecule has 250 valence electrons. The Kier molecular flexibility index (Phi) is 12.0. The number of thioether (sulfide) groups is 1. The number of hydrogen-bond donors (Lipinski definition) is 2. The van der Waals surface area contributed by atoms with E-state index in [1.54, 1.807) is 47.1 Å². The fourth-order valence-electron chi connectivity index (χ4n) is 6.42. The summed E-state index contributed by atoms with van der Waals surface area (Å²) in [5, 5.41) is 12.5. The number of nitrogens with one attached hydrogen (secondary N) is 1. The number of methoxy groups -OCH3 is 2. The van der Waals surface area contributed by atoms with Crippen molar-refractivity contribution in [2.45, 2.75) is 82.3 Å². The number of para-hydroxylation sites is 1. The first kappa shape index (κ1) is 35.1. The number of ether oxygens (including phenoxy) is 3. The Balaban J connectivity index is 1.44. The summed E-state index contributed by atoms with van der Waals surface area (Å²) in [5.74, 6) is -2.03. The molecule has 0 bridgehead atoms. The van der Waals surface area contributed by atoms with Crippen LogP contribution in [0.15, 0.2) is 47.4 Å². The second-order valence-electron chi connectivity index (χ2n) is 12.9. The molecule has 0 aromatic heterocycles. The number of amides is 2. The molecule has 1 aliphatic carbocycles. The fourth-order valence-corrected chi connectivity index (χ4v) is 7.49. The van der Waals surface area contributed by atoms with Crippen LogP contribution in [0, 0.1) is 17.8 Å². The number of benzene rings is 2. The quantitative estimate of drug-likeness (QED) is 0.212. The van der Waals surface area contributed by atoms with Crippen LogP contribution >= 0.6 is 11.8 Å². The molecule has 2 aromatic carbocycles. The molecule has 46 heavy (non-hydrogen) atoms. The van der Waals surface area contributed by atoms with E-state index in [-0.39, 0.29) is 17.6 Å². The molecule has 4 atom stereocenters. The molecule has 1 heterocycles. The second kappa shape index (κ2) is 15.7. The molecular weight excluding hydrogens is 608 g/mol. The smallest absolute Gasteiger partial charge is 0.323 e. The Morgan fingerprint density at radius 1 is 1.00 bits per heavy atom. The molecule has 3 unspecified atom stereocenters. The molecule has 0 spiro atoms. The van der Waals surface area contributed by atoms with Crippen LogP contribution in [0.2, 0.25) is 0 Å². The number of aryl methyl sites for hydroxylation is 1. The van der Waals surface area contributed by atoms with Gasteiger partial charge in [-0.2, -0.15) is 0 Å². The predicted molar refractivity (Wildman–Crippen MR) is 176 cm³/mol. The largest absolute Gasteiger partial charge is 0.493 e. The minimum atomic E-state index is -1.15. The number of nitrogens with zero attached hydrogens (tertiary/aromatic N) is 1. The maximum absolute atomic E-state index is 14.0. The topological polar surface area (TPSA) is 131 Å². The summed E-state index contributed by atoms with van der Waals surface area (Å²) in [6, 6.07) is 12.1. The average Bonchev–Trinajstić information content (AvgIpc) is 3.40. The molecule has 0 radical (unpaired) electrons. The molecule has 10 nitrogen and oxygen atoms in total. The third-order valence-corrected chi connectivity index (χ3v) is 9.68. The first-order valence-corrected chi connectivity index (χ1v) is 16.9. The molecule has 1 saturated carbocycles. The van der Waals surface area contributed by atoms with E-state index in [0.29, 0.717) is 30.0 Å². The fraction of sp³-hybridized carbons (Fsp3) is 0.543. The number of hydrogen-bond acceptors (Lipinski definition) is 8. The van der Waals surface area contributed by atoms with Crippen LogP contribution in [0.1, 0.15) is 64.9 Å². The van der Waals surface area contributed by atoms with Crippen molar-refractivity contribution in [1.29, 1.82) is 0 Å². The van der Waals surface area contributed by atoms with Crippen LogP contribution in [0.5, 0.6) is 11.5 Å². The van der Waals surface area contributed by atoms with Gasteiger partial charge in [0.15, 0.2) is 11.5 Å². The molecule has 2 aromatic rings. The standard InChI is InChI=1S/C35H46N2O8S/c1-35(2,3)45-34(42)24-17-16-23(12-8-6-7-11-22-15-18-27(43-4)28(19-22)44-5)31(24)32(40)36-25-21-46-29-14-10-9-13-26(29)37(33(25)41)20-30(38)39/h9-10,13-15,18-19,23-25,31H,6-8,11-12,16-17,20-21H2,1-5H3,(H,36,40)(H,38,39)/t23?,24?,25-,31?/m0/s1. The lowest BCUT2D eigenvalue weighted by Crippen LogP contribution is -2.53. The van der Waals surface area contributed by atoms with Gasteiger partial charge in [-0.05, 0) is 88.6 Å². The number of aliphatic carboxylic acids is 1. The highest BCUT2D eigenvalue weighted by molar-refractivity contribution is 7.99. The second-order valence-corrected chi connectivity index (χ2v) is 14.0. The van der Waals surface area contributed by atoms with Gasteiger partial charge in [-0.1, -0.05) is 31.0 Å². The van der Waals surface area contributed by atoms with E-state index in [1.807, 2.05) is 30.3 Å². The van der Waals surface area contributed by atoms with Gasteiger partial charge >= 0.3 is 11.9 Å². The lowest BCUT2D eigenvalue weighted by molar-refractivity contribution is -0.163. The molecule has 2 N–H and O–H groups in total. The van der Waals surface area contributed by atoms with Crippen LogP contribution in [0.25, 0.3) is 0 Å². The van der Waals surface area contributed by atoms with Gasteiger partial charge in [-0.25, -0.2) is 0 Å². The summed E-state index contributed by atoms with van der Waals surface area (Å²) in [5.41, 5.74) is 0.970. The molecular formula is C35H46N2O8S. The lowest BCUT2D eigenvalue weighted by atomic mass is 9.84. The molecule has 1 fully saturated rings. The molecule has 4 rings (SSSR count). The number of rotatable bonds is 13. The zero-order valence-electron chi connectivity index (χ0n) is 27.4. The number of carboxylic acids is 1. The summed E-state index contributed by atoms with van der Waals surface area (Å²) in [4.78, 5) is 54.6. The summed E-state index contributed by atoms with van der Waals surface area (Å²) >= 11 is 1.40. The van der Waals surface area contributed by atoms with Crippen molar-refractivity contribution in [3.05, 3.63) is 48.0 Å². The summed E-state index contributed by atoms with van der Waals surface area (Å²) in [6.45, 7) is 4.90. The predicted octanol–water partition coefficient (Wildman–Crippen LogP) is 5.50. The van der Waals surface area contributed by atoms with E-state index < -0.39 is 47.9 Å². The zero-order valence-corrected chi connectivity index (χ0v) is 28.2. The van der Waals surface area contributed by atoms with E-state index >= 15 is 0 Å². The van der Waals surface area contributed by atoms with E-state index in [2.05, 4.69) is 5.32 Å². The Hall–Kier alpha value is -3.73. The van der Waals surface area contributed by atoms with Crippen LogP contribution < -0.4 is 19.7 Å². The van der Waals surface area contributed by atoms with Gasteiger partial charge in [0, 0.05) is 10.6 Å². The highest BCUT2D eigenvalue weighted by Gasteiger charge is 2.47. The molecule has 0 saturated heterocycles. The third kappa shape index (κ3) is 8.96. The van der Waals surface area contributed by atoms with Crippen LogP contribution in [-0.2, 0) is 30.3 Å². The van der Waals surface area contributed by atoms with E-state index in [4.69, 9.17) is 14.2 Å². The third-order valence-electron chi connectivity index (χ3n) is 8.53. The van der Waals surface area contributed by atoms with Gasteiger partial charge in [0.2, 0.25) is 5.91 Å². The normalized spacial score (nSPS) is 21.2. The molecule has 11 heteroatoms. The van der Waals surface area contributed by atoms with Gasteiger partial charge < -0.3 is 24.6 Å². The average molecular weight is 655 g/mol. The van der Waals surface area contributed by atoms with E-state index in [1.165, 1.54) is 16.7 Å². The van der Waals surface area contributed by atoms with Gasteiger partial charge in [-0.3, -0.25) is 24.1 Å². The Bertz CT molecular complexity index is 1410. The van der Waals surface area contributed by atoms with E-state index in [9.17, 15) is 24.3 Å². The first-order valence-electron chi connectivity index (χ1n) is 15.9. The number of anilines is 1. The number of unbranched alkanes of at least 4 members (excludes halogenated alkanes) is 2. The minimum Gasteiger partial charge on any atom is -0.493 e. The van der Waals surface area contributed by atoms with Crippen molar-refractivity contribution in [2.75, 3.05) is 31.4 Å². The molecule has 2 aliphatic rings. The van der Waals surface area contributed by atoms with Gasteiger partial charge in [0.1, 0.15) is 18.2 Å². The Labute approximate surface area is 275 Å². The molecule has 2 amide bonds. The van der Waals surface area contributed by atoms with Crippen LogP contribution in [-0.4, -0.2) is 67.0 Å². The minimum absolute atomic E-state index is 0.0422.